The molecule has 0 spiro atoms. The van der Waals surface area contributed by atoms with E-state index in [1.807, 2.05) is 11.4 Å². The Morgan fingerprint density at radius 3 is 2.76 bits per heavy atom. The van der Waals surface area contributed by atoms with Crippen LogP contribution in [-0.2, 0) is 13.0 Å². The Morgan fingerprint density at radius 2 is 2.05 bits per heavy atom. The molecule has 0 saturated carbocycles. The third kappa shape index (κ3) is 3.24. The summed E-state index contributed by atoms with van der Waals surface area (Å²) in [6.45, 7) is 0.398. The van der Waals surface area contributed by atoms with Crippen LogP contribution in [0.1, 0.15) is 16.4 Å². The lowest BCUT2D eigenvalue weighted by Crippen LogP contribution is -1.94. The number of benzene rings is 1. The van der Waals surface area contributed by atoms with E-state index < -0.39 is 0 Å². The monoisotopic (exact) mass is 340 g/mol. The summed E-state index contributed by atoms with van der Waals surface area (Å²) in [7, 11) is 0. The van der Waals surface area contributed by atoms with Crippen molar-refractivity contribution in [1.82, 2.24) is 15.1 Å². The molecule has 3 rings (SSSR count). The molecule has 0 amide bonds. The van der Waals surface area contributed by atoms with Gasteiger partial charge < -0.3 is 10.3 Å². The van der Waals surface area contributed by atoms with Crippen LogP contribution in [0.15, 0.2) is 28.1 Å². The highest BCUT2D eigenvalue weighted by molar-refractivity contribution is 7.09. The number of hydrogen-bond acceptors (Lipinski definition) is 6. The molecule has 0 aliphatic rings. The van der Waals surface area contributed by atoms with E-state index in [4.69, 9.17) is 33.5 Å². The molecular weight excluding hydrogens is 331 g/mol. The molecule has 2 aromatic heterocycles. The molecule has 3 aromatic rings. The predicted molar refractivity (Wildman–Crippen MR) is 82.6 cm³/mol. The molecule has 0 unspecified atom stereocenters. The van der Waals surface area contributed by atoms with Gasteiger partial charge in [0.05, 0.1) is 10.0 Å². The van der Waals surface area contributed by atoms with Crippen molar-refractivity contribution in [3.63, 3.8) is 0 Å². The van der Waals surface area contributed by atoms with Gasteiger partial charge in [0.15, 0.2) is 5.82 Å². The molecule has 0 fully saturated rings. The highest BCUT2D eigenvalue weighted by Crippen LogP contribution is 2.24. The summed E-state index contributed by atoms with van der Waals surface area (Å²) in [5.74, 6) is 0.951. The van der Waals surface area contributed by atoms with Gasteiger partial charge in [-0.05, 0) is 17.7 Å². The van der Waals surface area contributed by atoms with E-state index in [0.717, 1.165) is 10.6 Å². The number of thiazole rings is 1. The van der Waals surface area contributed by atoms with Gasteiger partial charge >= 0.3 is 0 Å². The zero-order chi connectivity index (χ0) is 14.8. The first-order valence-electron chi connectivity index (χ1n) is 6.07. The Hall–Kier alpha value is -1.47. The Labute approximate surface area is 134 Å². The predicted octanol–water partition coefficient (Wildman–Crippen LogP) is 3.55. The van der Waals surface area contributed by atoms with Crippen LogP contribution >= 0.6 is 34.5 Å². The lowest BCUT2D eigenvalue weighted by Gasteiger charge is -1.99. The SMILES string of the molecule is NCc1nc(-c2nc(Cc3ccc(Cl)c(Cl)c3)no2)cs1. The number of hydrogen-bond donors (Lipinski definition) is 1. The maximum absolute atomic E-state index is 5.98. The lowest BCUT2D eigenvalue weighted by atomic mass is 10.1. The summed E-state index contributed by atoms with van der Waals surface area (Å²) in [5, 5.41) is 7.64. The molecule has 2 heterocycles. The summed E-state index contributed by atoms with van der Waals surface area (Å²) in [6, 6.07) is 5.41. The lowest BCUT2D eigenvalue weighted by molar-refractivity contribution is 0.423. The van der Waals surface area contributed by atoms with E-state index in [1.54, 1.807) is 12.1 Å². The minimum atomic E-state index is 0.390. The van der Waals surface area contributed by atoms with Gasteiger partial charge in [-0.25, -0.2) is 4.98 Å². The molecule has 1 aromatic carbocycles. The Balaban J connectivity index is 1.79. The standard InChI is InChI=1S/C13H10Cl2N4OS/c14-8-2-1-7(3-9(8)15)4-11-18-13(20-19-11)10-6-21-12(5-16)17-10/h1-3,6H,4-5,16H2. The maximum Gasteiger partial charge on any atom is 0.277 e. The van der Waals surface area contributed by atoms with Gasteiger partial charge in [0.2, 0.25) is 0 Å². The van der Waals surface area contributed by atoms with Gasteiger partial charge in [-0.15, -0.1) is 11.3 Å². The van der Waals surface area contributed by atoms with Gasteiger partial charge in [-0.2, -0.15) is 4.98 Å². The third-order valence-corrected chi connectivity index (χ3v) is 4.37. The number of rotatable bonds is 4. The fourth-order valence-corrected chi connectivity index (χ4v) is 2.73. The van der Waals surface area contributed by atoms with Crippen molar-refractivity contribution in [3.8, 4) is 11.6 Å². The van der Waals surface area contributed by atoms with Crippen molar-refractivity contribution < 1.29 is 4.52 Å². The molecule has 0 radical (unpaired) electrons. The third-order valence-electron chi connectivity index (χ3n) is 2.76. The zero-order valence-electron chi connectivity index (χ0n) is 10.7. The Kier molecular flexibility index (Phi) is 4.21. The number of aromatic nitrogens is 3. The molecule has 2 N–H and O–H groups in total. The first-order chi connectivity index (χ1) is 10.2. The van der Waals surface area contributed by atoms with Crippen LogP contribution in [0.4, 0.5) is 0 Å². The maximum atomic E-state index is 5.98. The molecule has 0 bridgehead atoms. The zero-order valence-corrected chi connectivity index (χ0v) is 13.0. The second-order valence-electron chi connectivity index (χ2n) is 4.27. The Bertz CT molecular complexity index is 771. The molecule has 0 aliphatic carbocycles. The van der Waals surface area contributed by atoms with Crippen LogP contribution in [0.5, 0.6) is 0 Å². The smallest absolute Gasteiger partial charge is 0.277 e. The van der Waals surface area contributed by atoms with Crippen molar-refractivity contribution in [1.29, 1.82) is 0 Å². The van der Waals surface area contributed by atoms with E-state index >= 15 is 0 Å². The fraction of sp³-hybridized carbons (Fsp3) is 0.154. The van der Waals surface area contributed by atoms with Crippen LogP contribution < -0.4 is 5.73 Å². The van der Waals surface area contributed by atoms with Crippen molar-refractivity contribution >= 4 is 34.5 Å². The number of halogens is 2. The van der Waals surface area contributed by atoms with E-state index in [-0.39, 0.29) is 0 Å². The van der Waals surface area contributed by atoms with Gasteiger partial charge in [-0.3, -0.25) is 0 Å². The molecule has 5 nitrogen and oxygen atoms in total. The highest BCUT2D eigenvalue weighted by Gasteiger charge is 2.13. The molecule has 21 heavy (non-hydrogen) atoms. The average Bonchev–Trinajstić information content (AvgIpc) is 3.11. The topological polar surface area (TPSA) is 77.8 Å². The minimum Gasteiger partial charge on any atom is -0.332 e. The number of nitrogens with two attached hydrogens (primary N) is 1. The second kappa shape index (κ2) is 6.11. The average molecular weight is 341 g/mol. The van der Waals surface area contributed by atoms with E-state index in [0.29, 0.717) is 40.4 Å². The molecular formula is C13H10Cl2N4OS. The van der Waals surface area contributed by atoms with E-state index in [9.17, 15) is 0 Å². The van der Waals surface area contributed by atoms with Crippen LogP contribution in [0.3, 0.4) is 0 Å². The van der Waals surface area contributed by atoms with Gasteiger partial charge in [0, 0.05) is 18.3 Å². The van der Waals surface area contributed by atoms with Crippen LogP contribution in [0, 0.1) is 0 Å². The molecule has 108 valence electrons. The van der Waals surface area contributed by atoms with Crippen molar-refractivity contribution in [2.45, 2.75) is 13.0 Å². The molecule has 8 heteroatoms. The fourth-order valence-electron chi connectivity index (χ4n) is 1.76. The van der Waals surface area contributed by atoms with Crippen molar-refractivity contribution in [3.05, 3.63) is 50.0 Å². The highest BCUT2D eigenvalue weighted by atomic mass is 35.5. The largest absolute Gasteiger partial charge is 0.332 e. The van der Waals surface area contributed by atoms with Crippen LogP contribution in [0.25, 0.3) is 11.6 Å². The van der Waals surface area contributed by atoms with Gasteiger partial charge in [0.1, 0.15) is 10.7 Å². The van der Waals surface area contributed by atoms with Crippen LogP contribution in [0.2, 0.25) is 10.0 Å². The molecule has 0 atom stereocenters. The Morgan fingerprint density at radius 1 is 1.19 bits per heavy atom. The van der Waals surface area contributed by atoms with Gasteiger partial charge in [-0.1, -0.05) is 34.4 Å². The van der Waals surface area contributed by atoms with Crippen LogP contribution in [-0.4, -0.2) is 15.1 Å². The number of nitrogens with zero attached hydrogens (tertiary/aromatic N) is 3. The summed E-state index contributed by atoms with van der Waals surface area (Å²) in [4.78, 5) is 8.63. The van der Waals surface area contributed by atoms with E-state index in [2.05, 4.69) is 15.1 Å². The second-order valence-corrected chi connectivity index (χ2v) is 6.03. The van der Waals surface area contributed by atoms with Gasteiger partial charge in [0.25, 0.3) is 5.89 Å². The minimum absolute atomic E-state index is 0.390. The molecule has 0 aliphatic heterocycles. The summed E-state index contributed by atoms with van der Waals surface area (Å²) >= 11 is 13.3. The normalized spacial score (nSPS) is 11.0. The summed E-state index contributed by atoms with van der Waals surface area (Å²) in [6.07, 6.45) is 0.508. The molecule has 0 saturated heterocycles. The first kappa shape index (κ1) is 14.5. The summed E-state index contributed by atoms with van der Waals surface area (Å²) in [5.41, 5.74) is 7.14. The summed E-state index contributed by atoms with van der Waals surface area (Å²) < 4.78 is 5.22. The van der Waals surface area contributed by atoms with Crippen molar-refractivity contribution in [2.75, 3.05) is 0 Å². The van der Waals surface area contributed by atoms with E-state index in [1.165, 1.54) is 11.3 Å². The quantitative estimate of drug-likeness (QED) is 0.785. The first-order valence-corrected chi connectivity index (χ1v) is 7.70. The van der Waals surface area contributed by atoms with Crippen molar-refractivity contribution in [2.24, 2.45) is 5.73 Å².